The standard InChI is InChI=1S/C22H35N5O.C19H28N4O.C18H26N4O2.C18H26N4OS/c1-20(2,3)14-10-23-26-13-17-19(24-18(14)26)27(22(7,8)9)15-11-25(21(4,5)6)12-16(15)28-17;1-18(2,3)12-10-20-22-11-15-17(21-16(12)22)23(19(4,5)6)13-8-7-9-14(13)24-15;1-17(2,3)11-7-19-21-8-13-16(20-15(11)21)22(18(4,5)6)12-9-23-10-14(12)24-13;1-17(2,3)11-7-19-21-8-13-16(20-15(11)21)22(18(4,5)6)12-9-24-10-14(12)23-13/h10,13,15-16H,11-12H2,1-9H3;10-11,13-14H,7-9H2,1-6H3;2*7-8,12,14H,9-10H2,1-6H3. The van der Waals surface area contributed by atoms with Gasteiger partial charge in [0.15, 0.2) is 68.9 Å². The minimum Gasteiger partial charge on any atom is -0.483 e. The van der Waals surface area contributed by atoms with Crippen molar-refractivity contribution in [2.24, 2.45) is 0 Å². The van der Waals surface area contributed by atoms with Crippen molar-refractivity contribution in [2.45, 2.75) is 304 Å². The van der Waals surface area contributed by atoms with Crippen LogP contribution in [0, 0.1) is 0 Å². The lowest BCUT2D eigenvalue weighted by Crippen LogP contribution is -2.57. The molecule has 7 aliphatic heterocycles. The first-order chi connectivity index (χ1) is 46.2. The number of hydrogen-bond donors (Lipinski definition) is 0. The molecule has 0 bridgehead atoms. The molecule has 544 valence electrons. The fraction of sp³-hybridized carbons (Fsp3) is 0.688. The van der Waals surface area contributed by atoms with Crippen LogP contribution in [0.25, 0.3) is 22.6 Å². The highest BCUT2D eigenvalue weighted by Crippen LogP contribution is 2.49. The molecule has 0 radical (unpaired) electrons. The van der Waals surface area contributed by atoms with E-state index in [2.05, 4.69) is 232 Å². The summed E-state index contributed by atoms with van der Waals surface area (Å²) in [6.07, 6.45) is 20.0. The number of thioether (sulfide) groups is 1. The Kier molecular flexibility index (Phi) is 17.5. The van der Waals surface area contributed by atoms with Gasteiger partial charge < -0.3 is 43.3 Å². The summed E-state index contributed by atoms with van der Waals surface area (Å²) in [6.45, 7) is 63.5. The Morgan fingerprint density at radius 3 is 1.05 bits per heavy atom. The van der Waals surface area contributed by atoms with Gasteiger partial charge in [0.2, 0.25) is 0 Å². The van der Waals surface area contributed by atoms with Crippen LogP contribution >= 0.6 is 11.8 Å². The minimum atomic E-state index is -0.0671. The Hall–Kier alpha value is -6.85. The van der Waals surface area contributed by atoms with E-state index >= 15 is 0 Å². The van der Waals surface area contributed by atoms with E-state index in [-0.39, 0.29) is 79.8 Å². The third-order valence-corrected chi connectivity index (χ3v) is 22.0. The summed E-state index contributed by atoms with van der Waals surface area (Å²) in [6, 6.07) is 1.31. The highest BCUT2D eigenvalue weighted by atomic mass is 32.2. The Morgan fingerprint density at radius 2 is 0.680 bits per heavy atom. The predicted molar refractivity (Wildman–Crippen MR) is 402 cm³/mol. The summed E-state index contributed by atoms with van der Waals surface area (Å²) in [4.78, 5) is 32.5. The normalized spacial score (nSPS) is 23.9. The number of anilines is 4. The molecular weight excluding hydrogens is 1280 g/mol. The lowest BCUT2D eigenvalue weighted by Gasteiger charge is -2.47. The third-order valence-electron chi connectivity index (χ3n) is 20.8. The minimum absolute atomic E-state index is 0.000390. The van der Waals surface area contributed by atoms with Crippen LogP contribution in [-0.2, 0) is 26.4 Å². The number of aromatic nitrogens is 12. The van der Waals surface area contributed by atoms with Crippen molar-refractivity contribution >= 4 is 57.6 Å². The second-order valence-electron chi connectivity index (χ2n) is 38.2. The number of rotatable bonds is 0. The lowest BCUT2D eigenvalue weighted by molar-refractivity contribution is 0.133. The van der Waals surface area contributed by atoms with Crippen LogP contribution in [-0.4, -0.2) is 177 Å². The van der Waals surface area contributed by atoms with Crippen molar-refractivity contribution in [3.8, 4) is 23.0 Å². The zero-order valence-electron chi connectivity index (χ0n) is 65.2. The zero-order valence-corrected chi connectivity index (χ0v) is 66.0. The van der Waals surface area contributed by atoms with Gasteiger partial charge >= 0.3 is 0 Å². The molecule has 8 aromatic rings. The molecule has 0 aromatic carbocycles. The molecule has 8 atom stereocenters. The summed E-state index contributed by atoms with van der Waals surface area (Å²) in [5.41, 5.74) is 8.36. The van der Waals surface area contributed by atoms with E-state index in [0.29, 0.717) is 31.3 Å². The number of hydrogen-bond acceptors (Lipinski definition) is 19. The number of ether oxygens (including phenoxy) is 5. The molecule has 3 saturated heterocycles. The van der Waals surface area contributed by atoms with E-state index in [1.165, 1.54) is 24.0 Å². The van der Waals surface area contributed by atoms with Crippen LogP contribution in [0.1, 0.15) is 228 Å². The maximum absolute atomic E-state index is 6.50. The molecule has 4 fully saturated rings. The molecule has 100 heavy (non-hydrogen) atoms. The lowest BCUT2D eigenvalue weighted by atomic mass is 9.89. The Bertz CT molecular complexity index is 4040. The molecule has 16 rings (SSSR count). The fourth-order valence-electron chi connectivity index (χ4n) is 16.0. The van der Waals surface area contributed by atoms with Crippen LogP contribution in [0.5, 0.6) is 23.0 Å². The summed E-state index contributed by atoms with van der Waals surface area (Å²) in [5.74, 6) is 9.26. The topological polar surface area (TPSA) is 183 Å². The number of nitrogens with zero attached hydrogens (tertiary/aromatic N) is 17. The smallest absolute Gasteiger partial charge is 0.180 e. The highest BCUT2D eigenvalue weighted by molar-refractivity contribution is 7.99. The van der Waals surface area contributed by atoms with E-state index in [1.807, 2.05) is 79.4 Å². The van der Waals surface area contributed by atoms with Crippen molar-refractivity contribution in [1.82, 2.24) is 63.3 Å². The molecule has 1 saturated carbocycles. The molecule has 8 unspecified atom stereocenters. The van der Waals surface area contributed by atoms with Crippen molar-refractivity contribution in [1.29, 1.82) is 0 Å². The molecule has 23 heteroatoms. The molecule has 8 aromatic heterocycles. The Balaban J connectivity index is 0.000000120. The average molecular weight is 1390 g/mol. The van der Waals surface area contributed by atoms with Crippen molar-refractivity contribution in [3.63, 3.8) is 0 Å². The maximum Gasteiger partial charge on any atom is 0.180 e. The summed E-state index contributed by atoms with van der Waals surface area (Å²) in [7, 11) is 0. The van der Waals surface area contributed by atoms with Crippen molar-refractivity contribution in [3.05, 3.63) is 71.8 Å². The van der Waals surface area contributed by atoms with Gasteiger partial charge in [-0.25, -0.2) is 38.0 Å². The zero-order chi connectivity index (χ0) is 72.5. The third kappa shape index (κ3) is 13.2. The second-order valence-corrected chi connectivity index (χ2v) is 39.2. The molecule has 0 amide bonds. The quantitative estimate of drug-likeness (QED) is 0.140. The fourth-order valence-corrected chi connectivity index (χ4v) is 17.2. The first-order valence-electron chi connectivity index (χ1n) is 36.5. The molecule has 8 aliphatic rings. The van der Waals surface area contributed by atoms with Gasteiger partial charge in [-0.15, -0.1) is 0 Å². The van der Waals surface area contributed by atoms with E-state index in [4.69, 9.17) is 43.6 Å². The van der Waals surface area contributed by atoms with E-state index < -0.39 is 0 Å². The maximum atomic E-state index is 6.50. The van der Waals surface area contributed by atoms with Gasteiger partial charge in [-0.3, -0.25) is 4.90 Å². The van der Waals surface area contributed by atoms with Crippen molar-refractivity contribution in [2.75, 3.05) is 57.4 Å². The molecule has 1 aliphatic carbocycles. The van der Waals surface area contributed by atoms with Gasteiger partial charge in [-0.05, 0) is 145 Å². The van der Waals surface area contributed by atoms with Crippen LogP contribution < -0.4 is 38.5 Å². The van der Waals surface area contributed by atoms with Gasteiger partial charge in [0.25, 0.3) is 0 Å². The van der Waals surface area contributed by atoms with Gasteiger partial charge in [0, 0.05) is 74.5 Å². The molecular formula is C77H115N17O5S. The molecule has 0 N–H and O–H groups in total. The summed E-state index contributed by atoms with van der Waals surface area (Å²) >= 11 is 1.97. The SMILES string of the molecule is CC(C)(C)c1cnn2cc3c(nc12)N(C(C)(C)C)C1CCCC1O3.CC(C)(C)c1cnn2cc3c(nc12)N(C(C)(C)C)C1CN(C(C)(C)C)CC1O3.CC(C)(C)c1cnn2cc3c(nc12)N(C(C)(C)C)C1COCC1O3.CC(C)(C)c1cnn2cc3c(nc12)N(C(C)(C)C)C1CSCC1O3. The van der Waals surface area contributed by atoms with Crippen LogP contribution in [0.3, 0.4) is 0 Å². The second kappa shape index (κ2) is 24.4. The Labute approximate surface area is 598 Å². The first-order valence-corrected chi connectivity index (χ1v) is 37.7. The number of likely N-dealkylation sites (tertiary alicyclic amines) is 1. The van der Waals surface area contributed by atoms with Crippen molar-refractivity contribution < 1.29 is 23.7 Å². The monoisotopic (exact) mass is 1390 g/mol. The Morgan fingerprint density at radius 1 is 0.340 bits per heavy atom. The first kappa shape index (κ1) is 71.5. The van der Waals surface area contributed by atoms with Crippen LogP contribution in [0.2, 0.25) is 0 Å². The van der Waals surface area contributed by atoms with Gasteiger partial charge in [-0.2, -0.15) is 32.2 Å². The molecule has 22 nitrogen and oxygen atoms in total. The summed E-state index contributed by atoms with van der Waals surface area (Å²) < 4.78 is 38.4. The van der Waals surface area contributed by atoms with E-state index in [1.54, 1.807) is 0 Å². The van der Waals surface area contributed by atoms with E-state index in [9.17, 15) is 0 Å². The molecule has 15 heterocycles. The van der Waals surface area contributed by atoms with Gasteiger partial charge in [0.05, 0.1) is 87.0 Å². The number of fused-ring (bicyclic) bond motifs is 12. The van der Waals surface area contributed by atoms with Gasteiger partial charge in [-0.1, -0.05) is 83.1 Å². The van der Waals surface area contributed by atoms with E-state index in [0.717, 1.165) is 111 Å². The van der Waals surface area contributed by atoms with Crippen LogP contribution in [0.15, 0.2) is 49.6 Å². The van der Waals surface area contributed by atoms with Gasteiger partial charge in [0.1, 0.15) is 24.4 Å². The highest BCUT2D eigenvalue weighted by Gasteiger charge is 2.52. The summed E-state index contributed by atoms with van der Waals surface area (Å²) in [5, 5.41) is 18.1. The predicted octanol–water partition coefficient (Wildman–Crippen LogP) is 14.1. The molecule has 0 spiro atoms. The van der Waals surface area contributed by atoms with Crippen LogP contribution in [0.4, 0.5) is 23.3 Å². The largest absolute Gasteiger partial charge is 0.483 e. The average Bonchev–Trinajstić information content (AvgIpc) is 1.49.